The Morgan fingerprint density at radius 3 is 1.50 bits per heavy atom. The summed E-state index contributed by atoms with van der Waals surface area (Å²) in [6.45, 7) is 33.3. The molecule has 0 aliphatic heterocycles. The van der Waals surface area contributed by atoms with E-state index in [2.05, 4.69) is 215 Å². The molecule has 2 bridgehead atoms. The molecule has 6 aromatic rings. The van der Waals surface area contributed by atoms with Gasteiger partial charge in [-0.1, -0.05) is 204 Å². The Hall–Kier alpha value is -5.20. The van der Waals surface area contributed by atoms with Crippen LogP contribution in [0.5, 0.6) is 0 Å². The first-order valence-electron chi connectivity index (χ1n) is 22.6. The topological polar surface area (TPSA) is 0 Å². The van der Waals surface area contributed by atoms with Crippen LogP contribution < -0.4 is 0 Å². The average Bonchev–Trinajstić information content (AvgIpc) is 3.28. The van der Waals surface area contributed by atoms with Crippen LogP contribution in [0.2, 0.25) is 0 Å². The van der Waals surface area contributed by atoms with Crippen molar-refractivity contribution >= 4 is 0 Å². The Kier molecular flexibility index (Phi) is 23.4. The first-order chi connectivity index (χ1) is 28.9. The summed E-state index contributed by atoms with van der Waals surface area (Å²) >= 11 is 0. The van der Waals surface area contributed by atoms with Crippen LogP contribution in [0, 0.1) is 27.7 Å². The predicted octanol–water partition coefficient (Wildman–Crippen LogP) is 18.6. The quantitative estimate of drug-likeness (QED) is 0.152. The van der Waals surface area contributed by atoms with Gasteiger partial charge in [-0.3, -0.25) is 0 Å². The Bertz CT molecular complexity index is 2170. The summed E-state index contributed by atoms with van der Waals surface area (Å²) < 4.78 is 0. The van der Waals surface area contributed by atoms with E-state index in [9.17, 15) is 0 Å². The molecule has 0 saturated heterocycles. The van der Waals surface area contributed by atoms with E-state index >= 15 is 0 Å². The molecule has 2 unspecified atom stereocenters. The van der Waals surface area contributed by atoms with Crippen molar-refractivity contribution in [1.82, 2.24) is 0 Å². The van der Waals surface area contributed by atoms with E-state index in [0.29, 0.717) is 11.8 Å². The summed E-state index contributed by atoms with van der Waals surface area (Å²) in [6.07, 6.45) is 8.40. The summed E-state index contributed by atoms with van der Waals surface area (Å²) in [5.74, 6) is 1.20. The first kappa shape index (κ1) is 50.9. The van der Waals surface area contributed by atoms with Gasteiger partial charge >= 0.3 is 0 Å². The predicted molar refractivity (Wildman–Crippen MR) is 272 cm³/mol. The number of hydrogen-bond acceptors (Lipinski definition) is 0. The molecule has 0 saturated carbocycles. The minimum absolute atomic E-state index is 0.584. The number of allylic oxidation sites excluding steroid dienone is 3. The minimum Gasteiger partial charge on any atom is -0.103 e. The van der Waals surface area contributed by atoms with Crippen LogP contribution in [-0.4, -0.2) is 0 Å². The fourth-order valence-corrected chi connectivity index (χ4v) is 7.33. The van der Waals surface area contributed by atoms with Crippen molar-refractivity contribution in [3.63, 3.8) is 0 Å². The Balaban J connectivity index is 0.000000304. The van der Waals surface area contributed by atoms with Crippen molar-refractivity contribution in [3.05, 3.63) is 202 Å². The number of fused-ring (bicyclic) bond motifs is 6. The molecule has 0 heterocycles. The van der Waals surface area contributed by atoms with Crippen molar-refractivity contribution in [3.8, 4) is 33.4 Å². The van der Waals surface area contributed by atoms with Gasteiger partial charge < -0.3 is 0 Å². The van der Waals surface area contributed by atoms with Gasteiger partial charge in [-0.15, -0.1) is 6.58 Å². The van der Waals surface area contributed by atoms with E-state index in [0.717, 1.165) is 12.8 Å². The van der Waals surface area contributed by atoms with Gasteiger partial charge in [-0.2, -0.15) is 0 Å². The molecule has 7 rings (SSSR count). The standard InChI is InChI=1S/C25H26.C17H20.C8H10.C5H10.C3H6.C2H6/c1-4-17(2)21-12-7-10-20-16-15-19-9-5-6-11-24(19)22-13-8-14-23(18(22)3)25(20)21;1-4-13(2)15-10-7-8-12-17(15)16-11-6-5-9-14(16)3;1-7-4-3-5-8(2)6-7;1-4-5(2)3;1-3-2;1-2/h5-14,17H,4,15-16H2,1-3H3;5-13H,4H2,1-3H3;3-6H,1-2H3;4H,1-3H3;3H,1H2,2H3;1-2H3. The van der Waals surface area contributed by atoms with Crippen molar-refractivity contribution in [1.29, 1.82) is 0 Å². The fraction of sp³-hybridized carbons (Fsp3) is 0.333. The van der Waals surface area contributed by atoms with Crippen molar-refractivity contribution in [2.45, 2.75) is 134 Å². The number of hydrogen-bond donors (Lipinski definition) is 0. The first-order valence-corrected chi connectivity index (χ1v) is 22.6. The molecular weight excluding hydrogens is 721 g/mol. The zero-order valence-corrected chi connectivity index (χ0v) is 40.0. The van der Waals surface area contributed by atoms with Gasteiger partial charge in [0.25, 0.3) is 0 Å². The van der Waals surface area contributed by atoms with E-state index in [1.165, 1.54) is 96.3 Å². The van der Waals surface area contributed by atoms with Gasteiger partial charge in [0, 0.05) is 0 Å². The maximum atomic E-state index is 3.36. The van der Waals surface area contributed by atoms with E-state index in [1.54, 1.807) is 6.08 Å². The highest BCUT2D eigenvalue weighted by Gasteiger charge is 2.20. The molecule has 60 heavy (non-hydrogen) atoms. The van der Waals surface area contributed by atoms with Crippen molar-refractivity contribution in [2.75, 3.05) is 0 Å². The summed E-state index contributed by atoms with van der Waals surface area (Å²) in [4.78, 5) is 0. The second-order valence-electron chi connectivity index (χ2n) is 16.0. The van der Waals surface area contributed by atoms with Gasteiger partial charge in [0.1, 0.15) is 0 Å². The smallest absolute Gasteiger partial charge is 0.0114 e. The molecule has 6 aromatic carbocycles. The highest BCUT2D eigenvalue weighted by molar-refractivity contribution is 5.83. The van der Waals surface area contributed by atoms with Gasteiger partial charge in [0.15, 0.2) is 0 Å². The molecule has 0 fully saturated rings. The van der Waals surface area contributed by atoms with Crippen LogP contribution >= 0.6 is 0 Å². The van der Waals surface area contributed by atoms with Crippen LogP contribution in [0.3, 0.4) is 0 Å². The van der Waals surface area contributed by atoms with Crippen molar-refractivity contribution < 1.29 is 0 Å². The molecule has 0 nitrogen and oxygen atoms in total. The summed E-state index contributed by atoms with van der Waals surface area (Å²) in [6, 6.07) is 48.5. The van der Waals surface area contributed by atoms with Gasteiger partial charge in [-0.25, -0.2) is 0 Å². The number of benzene rings is 6. The lowest BCUT2D eigenvalue weighted by molar-refractivity contribution is 0.733. The highest BCUT2D eigenvalue weighted by Crippen LogP contribution is 2.41. The van der Waals surface area contributed by atoms with Crippen LogP contribution in [0.15, 0.2) is 158 Å². The number of aryl methyl sites for hydroxylation is 5. The number of rotatable bonds is 5. The molecular formula is C60H78. The highest BCUT2D eigenvalue weighted by atomic mass is 14.2. The third-order valence-corrected chi connectivity index (χ3v) is 11.2. The third kappa shape index (κ3) is 15.1. The maximum Gasteiger partial charge on any atom is -0.0114 e. The van der Waals surface area contributed by atoms with Gasteiger partial charge in [0.05, 0.1) is 0 Å². The molecule has 0 amide bonds. The Labute approximate surface area is 368 Å². The zero-order valence-electron chi connectivity index (χ0n) is 40.0. The lowest BCUT2D eigenvalue weighted by atomic mass is 9.84. The fourth-order valence-electron chi connectivity index (χ4n) is 7.33. The van der Waals surface area contributed by atoms with Crippen LogP contribution in [0.1, 0.15) is 138 Å². The van der Waals surface area contributed by atoms with E-state index < -0.39 is 0 Å². The molecule has 0 heteroatoms. The van der Waals surface area contributed by atoms with Gasteiger partial charge in [-0.05, 0) is 160 Å². The molecule has 1 aliphatic carbocycles. The molecule has 0 radical (unpaired) electrons. The zero-order chi connectivity index (χ0) is 44.6. The molecule has 0 aromatic heterocycles. The summed E-state index contributed by atoms with van der Waals surface area (Å²) in [5, 5.41) is 0. The lowest BCUT2D eigenvalue weighted by Gasteiger charge is -2.21. The summed E-state index contributed by atoms with van der Waals surface area (Å²) in [5.41, 5.74) is 21.2. The third-order valence-electron chi connectivity index (χ3n) is 11.2. The van der Waals surface area contributed by atoms with Crippen LogP contribution in [-0.2, 0) is 12.8 Å². The SMILES string of the molecule is C=CC.CC.CC=C(C)C.CCC(C)c1cccc2c1-c1cccc(c1C)-c1ccccc1CC2.CCC(C)c1ccccc1-c1ccccc1C.Cc1cccc(C)c1. The van der Waals surface area contributed by atoms with E-state index in [-0.39, 0.29) is 0 Å². The molecule has 0 spiro atoms. The van der Waals surface area contributed by atoms with Crippen molar-refractivity contribution in [2.24, 2.45) is 0 Å². The second-order valence-corrected chi connectivity index (χ2v) is 16.0. The monoisotopic (exact) mass is 799 g/mol. The lowest BCUT2D eigenvalue weighted by Crippen LogP contribution is -2.01. The molecule has 0 N–H and O–H groups in total. The van der Waals surface area contributed by atoms with Crippen LogP contribution in [0.25, 0.3) is 33.4 Å². The molecule has 2 atom stereocenters. The molecule has 1 aliphatic rings. The van der Waals surface area contributed by atoms with Crippen LogP contribution in [0.4, 0.5) is 0 Å². The summed E-state index contributed by atoms with van der Waals surface area (Å²) in [7, 11) is 0. The van der Waals surface area contributed by atoms with E-state index in [4.69, 9.17) is 0 Å². The van der Waals surface area contributed by atoms with Gasteiger partial charge in [0.2, 0.25) is 0 Å². The minimum atomic E-state index is 0.584. The normalized spacial score (nSPS) is 11.4. The Morgan fingerprint density at radius 1 is 0.533 bits per heavy atom. The Morgan fingerprint density at radius 2 is 0.950 bits per heavy atom. The average molecular weight is 799 g/mol. The maximum absolute atomic E-state index is 3.36. The molecule has 318 valence electrons. The second kappa shape index (κ2) is 27.5. The van der Waals surface area contributed by atoms with E-state index in [1.807, 2.05) is 27.7 Å². The largest absolute Gasteiger partial charge is 0.103 e.